The van der Waals surface area contributed by atoms with Crippen molar-refractivity contribution in [2.24, 2.45) is 5.92 Å². The van der Waals surface area contributed by atoms with Crippen molar-refractivity contribution in [3.8, 4) is 0 Å². The number of rotatable bonds is 2. The molecule has 0 spiro atoms. The summed E-state index contributed by atoms with van der Waals surface area (Å²) in [5.41, 5.74) is -0.436. The Bertz CT molecular complexity index is 225. The average Bonchev–Trinajstić information content (AvgIpc) is 2.14. The Balaban J connectivity index is 2.34. The molecule has 0 N–H and O–H groups in total. The Morgan fingerprint density at radius 2 is 2.14 bits per heavy atom. The summed E-state index contributed by atoms with van der Waals surface area (Å²) < 4.78 is 0. The van der Waals surface area contributed by atoms with Gasteiger partial charge in [0, 0.05) is 0 Å². The highest BCUT2D eigenvalue weighted by molar-refractivity contribution is 5.74. The van der Waals surface area contributed by atoms with Crippen LogP contribution in [0, 0.1) is 5.92 Å². The maximum atomic E-state index is 11.4. The molecule has 1 aliphatic rings. The molecule has 0 amide bonds. The molecule has 0 bridgehead atoms. The van der Waals surface area contributed by atoms with E-state index in [0.29, 0.717) is 0 Å². The first-order valence-electron chi connectivity index (χ1n) is 5.05. The van der Waals surface area contributed by atoms with Crippen molar-refractivity contribution in [2.45, 2.75) is 45.6 Å². The first kappa shape index (κ1) is 11.2. The van der Waals surface area contributed by atoms with E-state index in [2.05, 4.69) is 0 Å². The molecule has 0 heterocycles. The molecule has 0 radical (unpaired) electrons. The smallest absolute Gasteiger partial charge is 0.297 e. The molecular formula is C11H18O3. The summed E-state index contributed by atoms with van der Waals surface area (Å²) in [7, 11) is 0. The van der Waals surface area contributed by atoms with Crippen LogP contribution in [0.15, 0.2) is 12.2 Å². The Morgan fingerprint density at radius 1 is 1.43 bits per heavy atom. The van der Waals surface area contributed by atoms with Crippen LogP contribution in [-0.2, 0) is 14.6 Å². The van der Waals surface area contributed by atoms with Gasteiger partial charge in [0.15, 0.2) is 0 Å². The summed E-state index contributed by atoms with van der Waals surface area (Å²) in [6.07, 6.45) is 6.89. The fraction of sp³-hybridized carbons (Fsp3) is 0.727. The molecule has 0 aromatic heterocycles. The standard InChI is InChI=1S/C11H18O3/c1-11(2,3)14-13-10(12)9-7-5-4-6-8-9/h5,7,9H,4,6,8H2,1-3H3. The fourth-order valence-corrected chi connectivity index (χ4v) is 1.24. The van der Waals surface area contributed by atoms with Crippen molar-refractivity contribution in [1.29, 1.82) is 0 Å². The molecule has 1 atom stereocenters. The Labute approximate surface area is 85.0 Å². The predicted molar refractivity (Wildman–Crippen MR) is 53.4 cm³/mol. The van der Waals surface area contributed by atoms with Gasteiger partial charge in [0.05, 0.1) is 5.92 Å². The number of carbonyl (C=O) groups excluding carboxylic acids is 1. The first-order chi connectivity index (χ1) is 6.49. The Hall–Kier alpha value is -0.830. The molecule has 0 fully saturated rings. The second kappa shape index (κ2) is 4.60. The summed E-state index contributed by atoms with van der Waals surface area (Å²) in [5.74, 6) is -0.401. The van der Waals surface area contributed by atoms with Gasteiger partial charge in [-0.3, -0.25) is 4.89 Å². The molecule has 1 unspecified atom stereocenters. The van der Waals surface area contributed by atoms with Crippen molar-refractivity contribution < 1.29 is 14.6 Å². The molecule has 14 heavy (non-hydrogen) atoms. The monoisotopic (exact) mass is 198 g/mol. The molecule has 0 aromatic rings. The maximum absolute atomic E-state index is 11.4. The maximum Gasteiger partial charge on any atom is 0.349 e. The van der Waals surface area contributed by atoms with Crippen LogP contribution in [0.1, 0.15) is 40.0 Å². The molecular weight excluding hydrogens is 180 g/mol. The van der Waals surface area contributed by atoms with E-state index in [4.69, 9.17) is 9.78 Å². The molecule has 3 heteroatoms. The second-order valence-electron chi connectivity index (χ2n) is 4.56. The van der Waals surface area contributed by atoms with Crippen molar-refractivity contribution in [2.75, 3.05) is 0 Å². The summed E-state index contributed by atoms with van der Waals surface area (Å²) in [4.78, 5) is 21.2. The minimum absolute atomic E-state index is 0.119. The van der Waals surface area contributed by atoms with Crippen LogP contribution in [0.2, 0.25) is 0 Å². The Morgan fingerprint density at radius 3 is 2.64 bits per heavy atom. The lowest BCUT2D eigenvalue weighted by molar-refractivity contribution is -0.322. The summed E-state index contributed by atoms with van der Waals surface area (Å²) in [5, 5.41) is 0. The lowest BCUT2D eigenvalue weighted by Gasteiger charge is -2.19. The minimum atomic E-state index is -0.436. The molecule has 0 saturated carbocycles. The zero-order valence-corrected chi connectivity index (χ0v) is 9.08. The highest BCUT2D eigenvalue weighted by atomic mass is 17.2. The van der Waals surface area contributed by atoms with E-state index in [1.54, 1.807) is 0 Å². The van der Waals surface area contributed by atoms with Gasteiger partial charge in [0.25, 0.3) is 0 Å². The van der Waals surface area contributed by atoms with Crippen LogP contribution in [0.5, 0.6) is 0 Å². The number of allylic oxidation sites excluding steroid dienone is 1. The van der Waals surface area contributed by atoms with Crippen molar-refractivity contribution >= 4 is 5.97 Å². The van der Waals surface area contributed by atoms with Crippen molar-refractivity contribution in [3.05, 3.63) is 12.2 Å². The van der Waals surface area contributed by atoms with Crippen LogP contribution in [0.25, 0.3) is 0 Å². The summed E-state index contributed by atoms with van der Waals surface area (Å²) in [6.45, 7) is 5.53. The van der Waals surface area contributed by atoms with Crippen LogP contribution >= 0.6 is 0 Å². The zero-order valence-electron chi connectivity index (χ0n) is 9.08. The van der Waals surface area contributed by atoms with Gasteiger partial charge in [-0.1, -0.05) is 12.2 Å². The van der Waals surface area contributed by atoms with E-state index < -0.39 is 5.60 Å². The van der Waals surface area contributed by atoms with Crippen molar-refractivity contribution in [3.63, 3.8) is 0 Å². The second-order valence-corrected chi connectivity index (χ2v) is 4.56. The third kappa shape index (κ3) is 3.92. The quantitative estimate of drug-likeness (QED) is 0.388. The SMILES string of the molecule is CC(C)(C)OOC(=O)C1C=CCCC1. The number of hydrogen-bond acceptors (Lipinski definition) is 3. The van der Waals surface area contributed by atoms with E-state index in [9.17, 15) is 4.79 Å². The lowest BCUT2D eigenvalue weighted by atomic mass is 9.96. The molecule has 0 aromatic carbocycles. The topological polar surface area (TPSA) is 35.5 Å². The fourth-order valence-electron chi connectivity index (χ4n) is 1.24. The van der Waals surface area contributed by atoms with Gasteiger partial charge in [-0.05, 0) is 40.0 Å². The van der Waals surface area contributed by atoms with Gasteiger partial charge >= 0.3 is 5.97 Å². The average molecular weight is 198 g/mol. The van der Waals surface area contributed by atoms with E-state index >= 15 is 0 Å². The lowest BCUT2D eigenvalue weighted by Crippen LogP contribution is -2.25. The van der Waals surface area contributed by atoms with Gasteiger partial charge in [0.1, 0.15) is 5.60 Å². The molecule has 1 aliphatic carbocycles. The van der Waals surface area contributed by atoms with Gasteiger partial charge in [0.2, 0.25) is 0 Å². The molecule has 0 saturated heterocycles. The predicted octanol–water partition coefficient (Wildman–Crippen LogP) is 2.62. The number of hydrogen-bond donors (Lipinski definition) is 0. The van der Waals surface area contributed by atoms with Gasteiger partial charge in [-0.15, -0.1) is 0 Å². The molecule has 0 aliphatic heterocycles. The van der Waals surface area contributed by atoms with Crippen LogP contribution in [0.3, 0.4) is 0 Å². The molecule has 3 nitrogen and oxygen atoms in total. The Kier molecular flexibility index (Phi) is 3.69. The largest absolute Gasteiger partial charge is 0.349 e. The van der Waals surface area contributed by atoms with E-state index in [0.717, 1.165) is 19.3 Å². The highest BCUT2D eigenvalue weighted by Gasteiger charge is 2.22. The third-order valence-electron chi connectivity index (χ3n) is 1.93. The van der Waals surface area contributed by atoms with Gasteiger partial charge in [-0.2, -0.15) is 4.89 Å². The summed E-state index contributed by atoms with van der Waals surface area (Å²) >= 11 is 0. The van der Waals surface area contributed by atoms with E-state index in [-0.39, 0.29) is 11.9 Å². The highest BCUT2D eigenvalue weighted by Crippen LogP contribution is 2.19. The minimum Gasteiger partial charge on any atom is -0.297 e. The molecule has 1 rings (SSSR count). The van der Waals surface area contributed by atoms with Crippen molar-refractivity contribution in [1.82, 2.24) is 0 Å². The summed E-state index contributed by atoms with van der Waals surface area (Å²) in [6, 6.07) is 0. The zero-order chi connectivity index (χ0) is 10.6. The van der Waals surface area contributed by atoms with Crippen LogP contribution in [-0.4, -0.2) is 11.6 Å². The number of carbonyl (C=O) groups is 1. The van der Waals surface area contributed by atoms with E-state index in [1.165, 1.54) is 0 Å². The van der Waals surface area contributed by atoms with E-state index in [1.807, 2.05) is 32.9 Å². The van der Waals surface area contributed by atoms with Crippen LogP contribution < -0.4 is 0 Å². The van der Waals surface area contributed by atoms with Crippen LogP contribution in [0.4, 0.5) is 0 Å². The molecule has 80 valence electrons. The first-order valence-corrected chi connectivity index (χ1v) is 5.05. The normalized spacial score (nSPS) is 22.1. The van der Waals surface area contributed by atoms with Gasteiger partial charge in [-0.25, -0.2) is 4.79 Å². The third-order valence-corrected chi connectivity index (χ3v) is 1.93. The van der Waals surface area contributed by atoms with Gasteiger partial charge < -0.3 is 0 Å².